The second kappa shape index (κ2) is 16.4. The fourth-order valence-electron chi connectivity index (χ4n) is 6.33. The first-order valence-electron chi connectivity index (χ1n) is 16.8. The number of hydrogen-bond acceptors (Lipinski definition) is 6. The highest BCUT2D eigenvalue weighted by Crippen LogP contribution is 2.33. The van der Waals surface area contributed by atoms with Crippen molar-refractivity contribution in [1.82, 2.24) is 10.2 Å². The van der Waals surface area contributed by atoms with Gasteiger partial charge in [-0.25, -0.2) is 4.99 Å². The summed E-state index contributed by atoms with van der Waals surface area (Å²) in [5.74, 6) is 0.0940. The average molecular weight is 671 g/mol. The Bertz CT molecular complexity index is 1580. The smallest absolute Gasteiger partial charge is 0.248 e. The number of carbonyl (C=O) groups excluding carboxylic acids is 2. The van der Waals surface area contributed by atoms with Crippen molar-refractivity contribution in [3.8, 4) is 0 Å². The number of nitrogens with two attached hydrogens (primary N) is 1. The lowest BCUT2D eigenvalue weighted by molar-refractivity contribution is -0.141. The Kier molecular flexibility index (Phi) is 12.1. The minimum absolute atomic E-state index is 0.0192. The van der Waals surface area contributed by atoms with Gasteiger partial charge >= 0.3 is 0 Å². The van der Waals surface area contributed by atoms with E-state index in [1.807, 2.05) is 78.6 Å². The molecular formula is C39H47ClN4O4. The molecule has 2 aliphatic heterocycles. The van der Waals surface area contributed by atoms with Crippen molar-refractivity contribution in [2.45, 2.75) is 83.3 Å². The molecule has 5 rings (SSSR count). The summed E-state index contributed by atoms with van der Waals surface area (Å²) in [6.45, 7) is 6.95. The third-order valence-electron chi connectivity index (χ3n) is 9.05. The van der Waals surface area contributed by atoms with E-state index in [-0.39, 0.29) is 18.0 Å². The van der Waals surface area contributed by atoms with E-state index in [0.717, 1.165) is 30.4 Å². The molecule has 0 spiro atoms. The molecule has 0 unspecified atom stereocenters. The summed E-state index contributed by atoms with van der Waals surface area (Å²) in [7, 11) is 0. The molecule has 9 heteroatoms. The molecular weight excluding hydrogens is 624 g/mol. The third kappa shape index (κ3) is 9.34. The van der Waals surface area contributed by atoms with Crippen molar-refractivity contribution in [1.29, 1.82) is 0 Å². The summed E-state index contributed by atoms with van der Waals surface area (Å²) in [4.78, 5) is 33.9. The van der Waals surface area contributed by atoms with Crippen LogP contribution in [0.15, 0.2) is 102 Å². The highest BCUT2D eigenvalue weighted by Gasteiger charge is 2.39. The molecule has 2 aliphatic rings. The van der Waals surface area contributed by atoms with Crippen LogP contribution in [-0.4, -0.2) is 66.0 Å². The number of aliphatic imine (C=N–C) groups is 1. The van der Waals surface area contributed by atoms with Crippen molar-refractivity contribution < 1.29 is 19.1 Å². The van der Waals surface area contributed by atoms with Crippen LogP contribution in [0.1, 0.15) is 50.3 Å². The maximum Gasteiger partial charge on any atom is 0.248 e. The van der Waals surface area contributed by atoms with Gasteiger partial charge in [-0.2, -0.15) is 0 Å². The maximum absolute atomic E-state index is 14.2. The normalized spacial score (nSPS) is 20.9. The highest BCUT2D eigenvalue weighted by atomic mass is 35.5. The first-order valence-corrected chi connectivity index (χ1v) is 17.2. The van der Waals surface area contributed by atoms with Crippen LogP contribution < -0.4 is 11.1 Å². The molecule has 1 saturated heterocycles. The molecule has 254 valence electrons. The molecule has 48 heavy (non-hydrogen) atoms. The summed E-state index contributed by atoms with van der Waals surface area (Å²) >= 11 is 6.38. The van der Waals surface area contributed by atoms with Crippen LogP contribution >= 0.6 is 11.6 Å². The van der Waals surface area contributed by atoms with Crippen LogP contribution in [0.3, 0.4) is 0 Å². The van der Waals surface area contributed by atoms with Crippen molar-refractivity contribution in [2.75, 3.05) is 13.2 Å². The van der Waals surface area contributed by atoms with E-state index in [4.69, 9.17) is 31.8 Å². The molecule has 2 amide bonds. The van der Waals surface area contributed by atoms with E-state index < -0.39 is 29.5 Å². The Morgan fingerprint density at radius 3 is 2.44 bits per heavy atom. The first-order chi connectivity index (χ1) is 23.1. The van der Waals surface area contributed by atoms with Crippen LogP contribution in [0.25, 0.3) is 0 Å². The van der Waals surface area contributed by atoms with Gasteiger partial charge < -0.3 is 25.4 Å². The van der Waals surface area contributed by atoms with Crippen molar-refractivity contribution >= 4 is 29.3 Å². The fraction of sp³-hybridized carbons (Fsp3) is 0.410. The van der Waals surface area contributed by atoms with Crippen molar-refractivity contribution in [3.05, 3.63) is 119 Å². The predicted octanol–water partition coefficient (Wildman–Crippen LogP) is 5.91. The number of halogens is 1. The van der Waals surface area contributed by atoms with Crippen LogP contribution in [0.5, 0.6) is 0 Å². The molecule has 1 fully saturated rings. The highest BCUT2D eigenvalue weighted by molar-refractivity contribution is 6.30. The number of likely N-dealkylation sites (tertiary alicyclic amines) is 1. The van der Waals surface area contributed by atoms with Gasteiger partial charge in [-0.1, -0.05) is 96.5 Å². The largest absolute Gasteiger partial charge is 0.478 e. The summed E-state index contributed by atoms with van der Waals surface area (Å²) in [5, 5.41) is 3.55. The molecule has 8 nitrogen and oxygen atoms in total. The quantitative estimate of drug-likeness (QED) is 0.207. The van der Waals surface area contributed by atoms with Crippen molar-refractivity contribution in [2.24, 2.45) is 16.1 Å². The zero-order valence-corrected chi connectivity index (χ0v) is 28.8. The van der Waals surface area contributed by atoms with Gasteiger partial charge in [0.05, 0.1) is 36.3 Å². The Morgan fingerprint density at radius 2 is 1.75 bits per heavy atom. The molecule has 3 N–H and O–H groups in total. The van der Waals surface area contributed by atoms with E-state index in [0.29, 0.717) is 37.1 Å². The van der Waals surface area contributed by atoms with Crippen LogP contribution in [-0.2, 0) is 38.5 Å². The summed E-state index contributed by atoms with van der Waals surface area (Å²) in [5.41, 5.74) is 8.58. The van der Waals surface area contributed by atoms with Crippen LogP contribution in [0.4, 0.5) is 0 Å². The van der Waals surface area contributed by atoms with Gasteiger partial charge in [0.2, 0.25) is 11.8 Å². The van der Waals surface area contributed by atoms with E-state index >= 15 is 0 Å². The van der Waals surface area contributed by atoms with Gasteiger partial charge in [-0.3, -0.25) is 9.59 Å². The zero-order chi connectivity index (χ0) is 34.1. The number of nitrogens with one attached hydrogen (secondary N) is 1. The monoisotopic (exact) mass is 670 g/mol. The molecule has 2 heterocycles. The van der Waals surface area contributed by atoms with E-state index in [2.05, 4.69) is 42.6 Å². The van der Waals surface area contributed by atoms with Gasteiger partial charge in [0.15, 0.2) is 5.90 Å². The van der Waals surface area contributed by atoms with Crippen molar-refractivity contribution in [3.63, 3.8) is 0 Å². The molecule has 0 bridgehead atoms. The van der Waals surface area contributed by atoms with Gasteiger partial charge in [-0.15, -0.1) is 0 Å². The number of amides is 2. The zero-order valence-electron chi connectivity index (χ0n) is 28.1. The second-order valence-corrected chi connectivity index (χ2v) is 13.6. The Hall–Kier alpha value is -3.98. The minimum atomic E-state index is -0.889. The number of hydrogen-bond donors (Lipinski definition) is 2. The van der Waals surface area contributed by atoms with Gasteiger partial charge in [0, 0.05) is 11.6 Å². The van der Waals surface area contributed by atoms with Crippen LogP contribution in [0.2, 0.25) is 5.02 Å². The molecule has 0 radical (unpaired) electrons. The lowest BCUT2D eigenvalue weighted by Gasteiger charge is -2.32. The third-order valence-corrected chi connectivity index (χ3v) is 9.28. The second-order valence-electron chi connectivity index (χ2n) is 13.2. The van der Waals surface area contributed by atoms with E-state index in [1.165, 1.54) is 5.56 Å². The lowest BCUT2D eigenvalue weighted by Crippen LogP contribution is -2.57. The summed E-state index contributed by atoms with van der Waals surface area (Å²) < 4.78 is 12.4. The van der Waals surface area contributed by atoms with E-state index in [1.54, 1.807) is 6.92 Å². The van der Waals surface area contributed by atoms with E-state index in [9.17, 15) is 9.59 Å². The number of benzene rings is 3. The number of nitrogens with zero attached hydrogens (tertiary/aromatic N) is 2. The SMILES string of the molecule is C[C@H](N)C(=O)N[C@H](C(=O)N1CCC[C@H]1C=C[C@@](C)(Cc1cccc(Cl)c1)C1=N[C@@H](Cc2ccccc2)CO1)[C@@H](C)OCc1ccccc1. The number of rotatable bonds is 14. The fourth-order valence-corrected chi connectivity index (χ4v) is 6.54. The molecule has 3 aromatic rings. The molecule has 0 saturated carbocycles. The summed E-state index contributed by atoms with van der Waals surface area (Å²) in [6.07, 6.45) is 6.72. The topological polar surface area (TPSA) is 106 Å². The maximum atomic E-state index is 14.2. The lowest BCUT2D eigenvalue weighted by atomic mass is 9.82. The first kappa shape index (κ1) is 35.3. The Morgan fingerprint density at radius 1 is 1.06 bits per heavy atom. The Balaban J connectivity index is 1.37. The molecule has 0 aromatic heterocycles. The van der Waals surface area contributed by atoms with Crippen LogP contribution in [0, 0.1) is 5.41 Å². The molecule has 6 atom stereocenters. The predicted molar refractivity (Wildman–Crippen MR) is 191 cm³/mol. The number of carbonyl (C=O) groups is 2. The van der Waals surface area contributed by atoms with Gasteiger partial charge in [0.25, 0.3) is 0 Å². The number of ether oxygens (including phenoxy) is 2. The standard InChI is InChI=1S/C39H47ClN4O4/c1-27(41)36(45)43-35(28(2)47-25-30-14-8-5-9-15-30)37(46)44-21-11-18-34(44)19-20-39(3,24-31-16-10-17-32(40)22-31)38-42-33(26-48-38)23-29-12-6-4-7-13-29/h4-10,12-17,19-20,22,27-28,33-35H,11,18,21,23-26,41H2,1-3H3,(H,43,45)/t27-,28+,33-,34-,35-,39-/m0/s1. The van der Waals surface area contributed by atoms with Gasteiger partial charge in [-0.05, 0) is 75.3 Å². The molecule has 3 aromatic carbocycles. The minimum Gasteiger partial charge on any atom is -0.478 e. The Labute approximate surface area is 289 Å². The van der Waals surface area contributed by atoms with Gasteiger partial charge in [0.1, 0.15) is 12.6 Å². The average Bonchev–Trinajstić information content (AvgIpc) is 3.76. The summed E-state index contributed by atoms with van der Waals surface area (Å²) in [6, 6.07) is 26.1. The molecule has 0 aliphatic carbocycles.